The van der Waals surface area contributed by atoms with E-state index in [4.69, 9.17) is 5.26 Å². The van der Waals surface area contributed by atoms with Gasteiger partial charge in [0.15, 0.2) is 0 Å². The summed E-state index contributed by atoms with van der Waals surface area (Å²) in [6.07, 6.45) is 0. The summed E-state index contributed by atoms with van der Waals surface area (Å²) in [4.78, 5) is 0. The van der Waals surface area contributed by atoms with Gasteiger partial charge >= 0.3 is 105 Å². The average Bonchev–Trinajstić information content (AvgIpc) is 1.46. The van der Waals surface area contributed by atoms with Crippen LogP contribution in [0.5, 0.6) is 0 Å². The van der Waals surface area contributed by atoms with Gasteiger partial charge in [-0.1, -0.05) is 12.6 Å². The molecule has 0 rings (SSSR count). The zero-order valence-corrected chi connectivity index (χ0v) is 8.95. The second-order valence-corrected chi connectivity index (χ2v) is 0.300. The summed E-state index contributed by atoms with van der Waals surface area (Å²) in [6, 6.07) is 0. The van der Waals surface area contributed by atoms with E-state index in [2.05, 4.69) is 23.9 Å². The molecule has 0 saturated carbocycles. The average molecular weight is 265 g/mol. The summed E-state index contributed by atoms with van der Waals surface area (Å²) in [7, 11) is 0. The van der Waals surface area contributed by atoms with Crippen LogP contribution in [0.2, 0.25) is 0 Å². The van der Waals surface area contributed by atoms with Crippen molar-refractivity contribution >= 4 is 118 Å². The monoisotopic (exact) mass is 265 g/mol. The van der Waals surface area contributed by atoms with Crippen molar-refractivity contribution in [2.75, 3.05) is 0 Å². The van der Waals surface area contributed by atoms with Gasteiger partial charge in [0.05, 0.1) is 0 Å². The summed E-state index contributed by atoms with van der Waals surface area (Å²) in [5.41, 5.74) is 0. The third-order valence-corrected chi connectivity index (χ3v) is 0. The fraction of sp³-hybridized carbons (Fsp3) is 0. The van der Waals surface area contributed by atoms with E-state index < -0.39 is 0 Å². The number of rotatable bonds is 0. The molecular weight excluding hydrogens is 263 g/mol. The Morgan fingerprint density at radius 2 is 1.67 bits per heavy atom. The Hall–Kier alpha value is 3.84. The maximum absolute atomic E-state index is 7.18. The summed E-state index contributed by atoms with van der Waals surface area (Å²) in [6.45, 7) is 0. The first-order chi connectivity index (χ1) is 2.41. The van der Waals surface area contributed by atoms with Crippen molar-refractivity contribution < 1.29 is 0 Å². The van der Waals surface area contributed by atoms with Gasteiger partial charge in [-0.15, -0.1) is 0 Å². The van der Waals surface area contributed by atoms with E-state index in [0.29, 0.717) is 0 Å². The van der Waals surface area contributed by atoms with E-state index in [0.717, 1.165) is 42.7 Å². The van der Waals surface area contributed by atoms with Crippen molar-refractivity contribution in [1.29, 1.82) is 5.26 Å². The van der Waals surface area contributed by atoms with Crippen LogP contribution >= 0.6 is 23.9 Å². The molecule has 0 saturated heterocycles. The van der Waals surface area contributed by atoms with Crippen LogP contribution in [0.3, 0.4) is 0 Å². The zero-order chi connectivity index (χ0) is 4.71. The Labute approximate surface area is 124 Å². The molecule has 0 heterocycles. The number of nitrogens with zero attached hydrogens (tertiary/aromatic N) is 1. The molecule has 0 bridgehead atoms. The minimum absolute atomic E-state index is 0. The Balaban J connectivity index is -0.0000000275. The van der Waals surface area contributed by atoms with Gasteiger partial charge in [0.2, 0.25) is 0 Å². The van der Waals surface area contributed by atoms with E-state index in [1.54, 1.807) is 0 Å². The third kappa shape index (κ3) is 24.9. The topological polar surface area (TPSA) is 23.8 Å². The van der Waals surface area contributed by atoms with Crippen molar-refractivity contribution in [2.45, 2.75) is 0 Å². The number of halogens is 1. The Morgan fingerprint density at radius 1 is 1.67 bits per heavy atom. The van der Waals surface area contributed by atoms with Crippen molar-refractivity contribution in [1.82, 2.24) is 0 Å². The van der Waals surface area contributed by atoms with E-state index in [1.165, 1.54) is 5.40 Å². The molecule has 6 heavy (non-hydrogen) atoms. The number of hydrogen-bond donors (Lipinski definition) is 1. The van der Waals surface area contributed by atoms with E-state index in [9.17, 15) is 0 Å². The van der Waals surface area contributed by atoms with E-state index in [1.807, 2.05) is 0 Å². The van der Waals surface area contributed by atoms with Gasteiger partial charge in [-0.25, -0.2) is 0 Å². The Bertz CT molecular complexity index is 35.0. The molecule has 0 unspecified atom stereocenters. The summed E-state index contributed by atoms with van der Waals surface area (Å²) in [5, 5.41) is 8.63. The van der Waals surface area contributed by atoms with Gasteiger partial charge in [0, 0.05) is 0 Å². The van der Waals surface area contributed by atoms with E-state index >= 15 is 0 Å². The van der Waals surface area contributed by atoms with Gasteiger partial charge in [0.1, 0.15) is 5.40 Å². The second kappa shape index (κ2) is 23.2. The van der Waals surface area contributed by atoms with Crippen LogP contribution in [0, 0.1) is 10.7 Å². The fourth-order valence-corrected chi connectivity index (χ4v) is 0. The molecule has 0 atom stereocenters. The predicted molar refractivity (Wildman–Crippen MR) is 41.5 cm³/mol. The van der Waals surface area contributed by atoms with Crippen LogP contribution in [0.15, 0.2) is 0 Å². The van der Waals surface area contributed by atoms with Crippen molar-refractivity contribution in [2.24, 2.45) is 0 Å². The molecule has 0 aromatic rings. The van der Waals surface area contributed by atoms with Gasteiger partial charge in [-0.3, -0.25) is 0 Å². The molecule has 0 amide bonds. The van der Waals surface area contributed by atoms with Gasteiger partial charge in [-0.2, -0.15) is 5.26 Å². The Kier molecular flexibility index (Phi) is 63.5. The summed E-state index contributed by atoms with van der Waals surface area (Å²) in [5.74, 6) is 0. The first-order valence-electron chi connectivity index (χ1n) is 0.825. The fourth-order valence-electron chi connectivity index (χ4n) is 0. The molecule has 0 aliphatic heterocycles. The molecule has 1 nitrogen and oxygen atoms in total. The normalized spacial score (nSPS) is 2.50. The van der Waals surface area contributed by atoms with Crippen molar-refractivity contribution in [3.63, 3.8) is 0 Å². The molecule has 26 valence electrons. The Morgan fingerprint density at radius 3 is 1.67 bits per heavy atom. The van der Waals surface area contributed by atoms with Crippen LogP contribution in [-0.2, 0) is 0 Å². The van der Waals surface area contributed by atoms with Gasteiger partial charge < -0.3 is 0 Å². The summed E-state index contributed by atoms with van der Waals surface area (Å²) >= 11 is 6.46. The SMILES string of the molecule is N#CS.[KH].[K][I]. The predicted octanol–water partition coefficient (Wildman–Crippen LogP) is 0.254. The maximum atomic E-state index is 7.18. The van der Waals surface area contributed by atoms with Crippen LogP contribution in [-0.4, -0.2) is 94.1 Å². The first-order valence-corrected chi connectivity index (χ1v) is 11.3. The molecule has 0 aliphatic carbocycles. The zero-order valence-electron chi connectivity index (χ0n) is 2.77. The van der Waals surface area contributed by atoms with Crippen LogP contribution < -0.4 is 0 Å². The molecule has 5 heteroatoms. The first kappa shape index (κ1) is 16.4. The molecule has 0 aliphatic rings. The molecule has 0 N–H and O–H groups in total. The van der Waals surface area contributed by atoms with Gasteiger partial charge in [-0.05, 0) is 0 Å². The van der Waals surface area contributed by atoms with Crippen LogP contribution in [0.25, 0.3) is 0 Å². The quantitative estimate of drug-likeness (QED) is 0.289. The summed E-state index contributed by atoms with van der Waals surface area (Å²) < 4.78 is 0. The number of nitriles is 1. The molecule has 0 radical (unpaired) electrons. The molecular formula is CH2IK2NS. The third-order valence-electron chi connectivity index (χ3n) is 0. The van der Waals surface area contributed by atoms with E-state index in [-0.39, 0.29) is 51.4 Å². The molecule has 0 aromatic heterocycles. The second-order valence-electron chi connectivity index (χ2n) is 0.100. The van der Waals surface area contributed by atoms with Crippen LogP contribution in [0.4, 0.5) is 0 Å². The molecule has 0 fully saturated rings. The minimum atomic E-state index is 0. The number of hydrogen-bond acceptors (Lipinski definition) is 2. The molecule has 0 aromatic carbocycles. The van der Waals surface area contributed by atoms with Crippen LogP contribution in [0.1, 0.15) is 0 Å². The van der Waals surface area contributed by atoms with Gasteiger partial charge in [0.25, 0.3) is 0 Å². The standard InChI is InChI=1S/CHNS.HI.2K.H/c2-1-3;;;;/h3H;1H;;;/q;;;+1;/p-1. The van der Waals surface area contributed by atoms with Crippen molar-refractivity contribution in [3.05, 3.63) is 0 Å². The number of thiocyanates is 1. The van der Waals surface area contributed by atoms with Crippen molar-refractivity contribution in [3.8, 4) is 5.40 Å². The number of thiol groups is 1. The molecule has 0 spiro atoms.